The molecule has 1 aromatic rings. The summed E-state index contributed by atoms with van der Waals surface area (Å²) in [7, 11) is -2.25. The van der Waals surface area contributed by atoms with Gasteiger partial charge in [0.1, 0.15) is 0 Å². The van der Waals surface area contributed by atoms with E-state index in [-0.39, 0.29) is 27.1 Å². The van der Waals surface area contributed by atoms with Crippen LogP contribution in [0.15, 0.2) is 17.0 Å². The number of rotatable bonds is 6. The summed E-state index contributed by atoms with van der Waals surface area (Å²) in [5.74, 6) is -1.59. The number of carboxylic acid groups (broad SMARTS) is 1. The van der Waals surface area contributed by atoms with Gasteiger partial charge in [-0.15, -0.1) is 0 Å². The third-order valence-corrected chi connectivity index (χ3v) is 5.70. The van der Waals surface area contributed by atoms with Crippen molar-refractivity contribution in [1.29, 1.82) is 0 Å². The minimum absolute atomic E-state index is 0.108. The molecule has 0 atom stereocenters. The lowest BCUT2D eigenvalue weighted by Gasteiger charge is -2.22. The van der Waals surface area contributed by atoms with E-state index in [1.807, 2.05) is 0 Å². The molecule has 0 heterocycles. The average Bonchev–Trinajstić information content (AvgIpc) is 2.36. The summed E-state index contributed by atoms with van der Waals surface area (Å²) in [6, 6.07) is 2.43. The Kier molecular flexibility index (Phi) is 5.66. The third kappa shape index (κ3) is 4.32. The maximum atomic E-state index is 12.3. The van der Waals surface area contributed by atoms with E-state index >= 15 is 0 Å². The highest BCUT2D eigenvalue weighted by Crippen LogP contribution is 2.32. The van der Waals surface area contributed by atoms with E-state index in [1.54, 1.807) is 13.8 Å². The summed E-state index contributed by atoms with van der Waals surface area (Å²) < 4.78 is 29.8. The fourth-order valence-corrected chi connectivity index (χ4v) is 4.08. The van der Waals surface area contributed by atoms with Crippen molar-refractivity contribution < 1.29 is 23.1 Å². The van der Waals surface area contributed by atoms with Crippen LogP contribution in [0.2, 0.25) is 10.0 Å². The van der Waals surface area contributed by atoms with Gasteiger partial charge in [-0.1, -0.05) is 23.2 Å². The Balaban J connectivity index is 3.22. The second-order valence-corrected chi connectivity index (χ2v) is 7.94. The van der Waals surface area contributed by atoms with E-state index in [2.05, 4.69) is 0 Å². The van der Waals surface area contributed by atoms with Gasteiger partial charge in [0.25, 0.3) is 0 Å². The molecule has 0 aliphatic carbocycles. The van der Waals surface area contributed by atoms with Gasteiger partial charge >= 0.3 is 5.97 Å². The van der Waals surface area contributed by atoms with E-state index in [0.29, 0.717) is 0 Å². The summed E-state index contributed by atoms with van der Waals surface area (Å²) in [4.78, 5) is 10.9. The normalized spacial score (nSPS) is 12.4. The van der Waals surface area contributed by atoms with Crippen LogP contribution >= 0.6 is 23.2 Å². The molecule has 0 aromatic heterocycles. The van der Waals surface area contributed by atoms with Gasteiger partial charge in [-0.3, -0.25) is 0 Å². The molecular weight excluding hydrogens is 339 g/mol. The zero-order chi connectivity index (χ0) is 16.4. The minimum Gasteiger partial charge on any atom is -0.478 e. The molecule has 0 aliphatic rings. The first-order valence-electron chi connectivity index (χ1n) is 6.01. The van der Waals surface area contributed by atoms with Gasteiger partial charge < -0.3 is 9.84 Å². The Labute approximate surface area is 133 Å². The van der Waals surface area contributed by atoms with Crippen LogP contribution in [0.4, 0.5) is 0 Å². The average molecular weight is 355 g/mol. The van der Waals surface area contributed by atoms with Crippen LogP contribution in [0.5, 0.6) is 0 Å². The van der Waals surface area contributed by atoms with Gasteiger partial charge in [-0.25, -0.2) is 13.2 Å². The van der Waals surface area contributed by atoms with Crippen LogP contribution in [0, 0.1) is 0 Å². The lowest BCUT2D eigenvalue weighted by atomic mass is 10.1. The van der Waals surface area contributed by atoms with Crippen molar-refractivity contribution in [2.45, 2.75) is 30.8 Å². The van der Waals surface area contributed by atoms with Gasteiger partial charge in [0.05, 0.1) is 31.9 Å². The summed E-state index contributed by atoms with van der Waals surface area (Å²) in [6.07, 6.45) is 0.243. The number of methoxy groups -OCH3 is 1. The zero-order valence-corrected chi connectivity index (χ0v) is 14.1. The van der Waals surface area contributed by atoms with Gasteiger partial charge in [0.15, 0.2) is 9.84 Å². The van der Waals surface area contributed by atoms with Crippen molar-refractivity contribution >= 4 is 39.0 Å². The largest absolute Gasteiger partial charge is 0.478 e. The molecule has 21 heavy (non-hydrogen) atoms. The topological polar surface area (TPSA) is 80.7 Å². The Hall–Kier alpha value is -0.820. The van der Waals surface area contributed by atoms with E-state index in [0.717, 1.165) is 0 Å². The smallest absolute Gasteiger partial charge is 0.338 e. The maximum absolute atomic E-state index is 12.3. The van der Waals surface area contributed by atoms with Gasteiger partial charge in [-0.2, -0.15) is 0 Å². The first-order chi connectivity index (χ1) is 9.52. The molecule has 0 amide bonds. The fourth-order valence-electron chi connectivity index (χ4n) is 1.56. The molecule has 0 saturated heterocycles. The fraction of sp³-hybridized carbons (Fsp3) is 0.462. The number of hydrogen-bond donors (Lipinski definition) is 1. The molecule has 0 saturated carbocycles. The Morgan fingerprint density at radius 1 is 1.33 bits per heavy atom. The van der Waals surface area contributed by atoms with Crippen molar-refractivity contribution in [3.8, 4) is 0 Å². The van der Waals surface area contributed by atoms with E-state index in [9.17, 15) is 13.2 Å². The van der Waals surface area contributed by atoms with Crippen LogP contribution < -0.4 is 0 Å². The quantitative estimate of drug-likeness (QED) is 0.847. The first kappa shape index (κ1) is 18.2. The molecular formula is C13H16Cl2O5S. The van der Waals surface area contributed by atoms with Crippen LogP contribution in [0.3, 0.4) is 0 Å². The molecule has 1 aromatic carbocycles. The molecule has 1 rings (SSSR count). The SMILES string of the molecule is COC(C)(C)CCS(=O)(=O)c1ccc(Cl)c(C(=O)O)c1Cl. The van der Waals surface area contributed by atoms with Crippen LogP contribution in [-0.4, -0.2) is 38.0 Å². The Morgan fingerprint density at radius 2 is 1.90 bits per heavy atom. The summed E-state index contributed by atoms with van der Waals surface area (Å²) in [6.45, 7) is 3.52. The summed E-state index contributed by atoms with van der Waals surface area (Å²) in [5, 5.41) is 8.57. The highest BCUT2D eigenvalue weighted by Gasteiger charge is 2.27. The Morgan fingerprint density at radius 3 is 2.38 bits per heavy atom. The van der Waals surface area contributed by atoms with Crippen molar-refractivity contribution in [1.82, 2.24) is 0 Å². The van der Waals surface area contributed by atoms with Gasteiger partial charge in [0, 0.05) is 7.11 Å². The van der Waals surface area contributed by atoms with E-state index in [4.69, 9.17) is 33.0 Å². The number of ether oxygens (including phenoxy) is 1. The summed E-state index contributed by atoms with van der Waals surface area (Å²) in [5.41, 5.74) is -1.02. The van der Waals surface area contributed by atoms with Gasteiger partial charge in [-0.05, 0) is 32.4 Å². The predicted octanol–water partition coefficient (Wildman–Crippen LogP) is 3.28. The van der Waals surface area contributed by atoms with E-state index in [1.165, 1.54) is 19.2 Å². The Bertz CT molecular complexity index is 653. The second-order valence-electron chi connectivity index (χ2n) is 5.07. The third-order valence-electron chi connectivity index (χ3n) is 3.13. The number of benzene rings is 1. The predicted molar refractivity (Wildman–Crippen MR) is 81.2 cm³/mol. The minimum atomic E-state index is -3.74. The van der Waals surface area contributed by atoms with Crippen LogP contribution in [0.25, 0.3) is 0 Å². The highest BCUT2D eigenvalue weighted by molar-refractivity contribution is 7.91. The van der Waals surface area contributed by atoms with Crippen molar-refractivity contribution in [2.75, 3.05) is 12.9 Å². The number of aromatic carboxylic acids is 1. The number of carboxylic acids is 1. The number of hydrogen-bond acceptors (Lipinski definition) is 4. The molecule has 0 aliphatic heterocycles. The molecule has 8 heteroatoms. The molecule has 0 unspecified atom stereocenters. The molecule has 0 spiro atoms. The number of halogens is 2. The number of carbonyl (C=O) groups is 1. The molecule has 0 fully saturated rings. The van der Waals surface area contributed by atoms with Crippen molar-refractivity contribution in [3.05, 3.63) is 27.7 Å². The van der Waals surface area contributed by atoms with Crippen molar-refractivity contribution in [3.63, 3.8) is 0 Å². The lowest BCUT2D eigenvalue weighted by molar-refractivity contribution is 0.0203. The lowest BCUT2D eigenvalue weighted by Crippen LogP contribution is -2.26. The molecule has 118 valence electrons. The first-order valence-corrected chi connectivity index (χ1v) is 8.42. The second kappa shape index (κ2) is 6.52. The monoisotopic (exact) mass is 354 g/mol. The van der Waals surface area contributed by atoms with Gasteiger partial charge in [0.2, 0.25) is 0 Å². The molecule has 0 radical (unpaired) electrons. The van der Waals surface area contributed by atoms with Crippen molar-refractivity contribution in [2.24, 2.45) is 0 Å². The highest BCUT2D eigenvalue weighted by atomic mass is 35.5. The van der Waals surface area contributed by atoms with Crippen LogP contribution in [0.1, 0.15) is 30.6 Å². The molecule has 0 bridgehead atoms. The number of sulfone groups is 1. The standard InChI is InChI=1S/C13H16Cl2O5S/c1-13(2,20-3)6-7-21(18,19)9-5-4-8(14)10(11(9)15)12(16)17/h4-5H,6-7H2,1-3H3,(H,16,17). The maximum Gasteiger partial charge on any atom is 0.338 e. The van der Waals surface area contributed by atoms with Crippen LogP contribution in [-0.2, 0) is 14.6 Å². The molecule has 5 nitrogen and oxygen atoms in total. The zero-order valence-electron chi connectivity index (χ0n) is 11.8. The summed E-state index contributed by atoms with van der Waals surface area (Å²) >= 11 is 11.6. The molecule has 1 N–H and O–H groups in total. The van der Waals surface area contributed by atoms with E-state index < -0.39 is 27.0 Å².